The molecule has 1 N–H and O–H groups in total. The van der Waals surface area contributed by atoms with Crippen LogP contribution in [-0.2, 0) is 14.3 Å². The molecule has 0 aromatic heterocycles. The Balaban J connectivity index is 1.52. The topological polar surface area (TPSA) is 66.8 Å². The van der Waals surface area contributed by atoms with Crippen molar-refractivity contribution in [3.8, 4) is 0 Å². The van der Waals surface area contributed by atoms with Gasteiger partial charge < -0.3 is 14.7 Å². The quantitative estimate of drug-likeness (QED) is 0.899. The summed E-state index contributed by atoms with van der Waals surface area (Å²) in [6.07, 6.45) is 3.67. The van der Waals surface area contributed by atoms with E-state index in [4.69, 9.17) is 4.74 Å². The molecule has 1 aliphatic carbocycles. The molecule has 4 atom stereocenters. The Morgan fingerprint density at radius 2 is 1.81 bits per heavy atom. The molecule has 1 saturated carbocycles. The summed E-state index contributed by atoms with van der Waals surface area (Å²) in [5.74, 6) is -0.687. The van der Waals surface area contributed by atoms with Crippen LogP contribution in [0.2, 0.25) is 0 Å². The van der Waals surface area contributed by atoms with E-state index in [0.29, 0.717) is 25.6 Å². The Kier molecular flexibility index (Phi) is 4.74. The van der Waals surface area contributed by atoms with Crippen LogP contribution in [-0.4, -0.2) is 41.6 Å². The summed E-state index contributed by atoms with van der Waals surface area (Å²) in [7, 11) is 0. The molecule has 140 valence electrons. The van der Waals surface area contributed by atoms with Gasteiger partial charge in [0.25, 0.3) is 0 Å². The zero-order valence-corrected chi connectivity index (χ0v) is 15.3. The Morgan fingerprint density at radius 1 is 1.08 bits per heavy atom. The zero-order chi connectivity index (χ0) is 18.3. The van der Waals surface area contributed by atoms with Crippen LogP contribution in [0, 0.1) is 30.6 Å². The number of aryl methyl sites for hydroxylation is 1. The van der Waals surface area contributed by atoms with E-state index in [1.54, 1.807) is 0 Å². The van der Waals surface area contributed by atoms with Gasteiger partial charge in [-0.05, 0) is 50.0 Å². The average Bonchev–Trinajstić information content (AvgIpc) is 3.39. The summed E-state index contributed by atoms with van der Waals surface area (Å²) in [5, 5.41) is 9.56. The van der Waals surface area contributed by atoms with Gasteiger partial charge in [0.1, 0.15) is 0 Å². The first-order valence-electron chi connectivity index (χ1n) is 9.74. The van der Waals surface area contributed by atoms with Crippen molar-refractivity contribution < 1.29 is 19.4 Å². The second-order valence-corrected chi connectivity index (χ2v) is 8.14. The molecule has 3 aliphatic rings. The van der Waals surface area contributed by atoms with Crippen molar-refractivity contribution in [1.82, 2.24) is 4.90 Å². The molecule has 0 spiro atoms. The van der Waals surface area contributed by atoms with E-state index >= 15 is 0 Å². The number of amides is 1. The fourth-order valence-corrected chi connectivity index (χ4v) is 4.63. The number of hydrogen-bond donors (Lipinski definition) is 1. The van der Waals surface area contributed by atoms with Crippen molar-refractivity contribution in [3.63, 3.8) is 0 Å². The fourth-order valence-electron chi connectivity index (χ4n) is 4.63. The normalized spacial score (nSPS) is 31.8. The fraction of sp³-hybridized carbons (Fsp3) is 0.619. The van der Waals surface area contributed by atoms with Crippen LogP contribution in [0.3, 0.4) is 0 Å². The van der Waals surface area contributed by atoms with Crippen LogP contribution in [0.1, 0.15) is 42.9 Å². The number of aliphatic carboxylic acids is 1. The zero-order valence-electron chi connectivity index (χ0n) is 15.3. The number of ether oxygens (including phenoxy) is 1. The monoisotopic (exact) mass is 357 g/mol. The molecule has 2 unspecified atom stereocenters. The number of nitrogens with zero attached hydrogens (tertiary/aromatic N) is 1. The highest BCUT2D eigenvalue weighted by Crippen LogP contribution is 2.45. The summed E-state index contributed by atoms with van der Waals surface area (Å²) >= 11 is 0. The van der Waals surface area contributed by atoms with Crippen LogP contribution >= 0.6 is 0 Å². The molecule has 26 heavy (non-hydrogen) atoms. The van der Waals surface area contributed by atoms with Crippen LogP contribution in [0.25, 0.3) is 0 Å². The highest BCUT2D eigenvalue weighted by atomic mass is 16.5. The predicted molar refractivity (Wildman–Crippen MR) is 96.5 cm³/mol. The second kappa shape index (κ2) is 7.03. The molecule has 0 radical (unpaired) electrons. The first-order chi connectivity index (χ1) is 12.5. The molecule has 5 heteroatoms. The molecule has 0 bridgehead atoms. The number of carboxylic acids is 1. The Labute approximate surface area is 154 Å². The van der Waals surface area contributed by atoms with Gasteiger partial charge >= 0.3 is 5.97 Å². The van der Waals surface area contributed by atoms with E-state index in [-0.39, 0.29) is 23.8 Å². The lowest BCUT2D eigenvalue weighted by Gasteiger charge is -2.34. The Hall–Kier alpha value is -1.88. The summed E-state index contributed by atoms with van der Waals surface area (Å²) < 4.78 is 5.99. The van der Waals surface area contributed by atoms with Gasteiger partial charge in [-0.2, -0.15) is 0 Å². The predicted octanol–water partition coefficient (Wildman–Crippen LogP) is 3.03. The number of rotatable bonds is 4. The lowest BCUT2D eigenvalue weighted by Crippen LogP contribution is -2.40. The number of likely N-dealkylation sites (tertiary alicyclic amines) is 1. The smallest absolute Gasteiger partial charge is 0.308 e. The molecule has 2 aliphatic heterocycles. The van der Waals surface area contributed by atoms with E-state index in [9.17, 15) is 14.7 Å². The number of carboxylic acid groups (broad SMARTS) is 1. The third-order valence-electron chi connectivity index (χ3n) is 6.27. The van der Waals surface area contributed by atoms with Crippen molar-refractivity contribution >= 4 is 11.9 Å². The third-order valence-corrected chi connectivity index (χ3v) is 6.27. The van der Waals surface area contributed by atoms with Crippen LogP contribution in [0.15, 0.2) is 24.3 Å². The SMILES string of the molecule is Cc1ccc(C2OCCCC2C(=O)N2C[C@H](C(=O)O)[C@@H](C3CC3)C2)cc1. The van der Waals surface area contributed by atoms with Gasteiger partial charge in [-0.15, -0.1) is 0 Å². The van der Waals surface area contributed by atoms with Crippen molar-refractivity contribution in [1.29, 1.82) is 0 Å². The van der Waals surface area contributed by atoms with Gasteiger partial charge in [0.15, 0.2) is 0 Å². The molecule has 2 heterocycles. The van der Waals surface area contributed by atoms with E-state index in [1.807, 2.05) is 36.1 Å². The van der Waals surface area contributed by atoms with E-state index in [0.717, 1.165) is 31.2 Å². The molecule has 1 aromatic rings. The average molecular weight is 357 g/mol. The summed E-state index contributed by atoms with van der Waals surface area (Å²) in [6.45, 7) is 3.66. The molecule has 5 nitrogen and oxygen atoms in total. The first kappa shape index (κ1) is 17.5. The van der Waals surface area contributed by atoms with Crippen LogP contribution < -0.4 is 0 Å². The van der Waals surface area contributed by atoms with Crippen molar-refractivity contribution in [2.75, 3.05) is 19.7 Å². The molecule has 4 rings (SSSR count). The lowest BCUT2D eigenvalue weighted by atomic mass is 9.88. The highest BCUT2D eigenvalue weighted by molar-refractivity contribution is 5.82. The number of benzene rings is 1. The summed E-state index contributed by atoms with van der Waals surface area (Å²) in [4.78, 5) is 26.7. The lowest BCUT2D eigenvalue weighted by molar-refractivity contribution is -0.145. The first-order valence-corrected chi connectivity index (χ1v) is 9.74. The van der Waals surface area contributed by atoms with Gasteiger partial charge in [0.05, 0.1) is 17.9 Å². The molecular weight excluding hydrogens is 330 g/mol. The van der Waals surface area contributed by atoms with Crippen molar-refractivity contribution in [2.24, 2.45) is 23.7 Å². The third kappa shape index (κ3) is 3.37. The maximum Gasteiger partial charge on any atom is 0.308 e. The molecule has 1 amide bonds. The van der Waals surface area contributed by atoms with Gasteiger partial charge in [-0.25, -0.2) is 0 Å². The second-order valence-electron chi connectivity index (χ2n) is 8.14. The minimum atomic E-state index is -0.757. The number of hydrogen-bond acceptors (Lipinski definition) is 3. The van der Waals surface area contributed by atoms with Crippen LogP contribution in [0.4, 0.5) is 0 Å². The van der Waals surface area contributed by atoms with Crippen molar-refractivity contribution in [3.05, 3.63) is 35.4 Å². The minimum absolute atomic E-state index is 0.0738. The Bertz CT molecular complexity index is 682. The van der Waals surface area contributed by atoms with Gasteiger partial charge in [-0.1, -0.05) is 29.8 Å². The largest absolute Gasteiger partial charge is 0.481 e. The van der Waals surface area contributed by atoms with Gasteiger partial charge in [-0.3, -0.25) is 9.59 Å². The maximum absolute atomic E-state index is 13.3. The van der Waals surface area contributed by atoms with E-state index < -0.39 is 11.9 Å². The molecular formula is C21H27NO4. The summed E-state index contributed by atoms with van der Waals surface area (Å²) in [6, 6.07) is 8.19. The summed E-state index contributed by atoms with van der Waals surface area (Å²) in [5.41, 5.74) is 2.23. The number of carbonyl (C=O) groups is 2. The maximum atomic E-state index is 13.3. The van der Waals surface area contributed by atoms with Gasteiger partial charge in [0, 0.05) is 19.7 Å². The minimum Gasteiger partial charge on any atom is -0.481 e. The van der Waals surface area contributed by atoms with Gasteiger partial charge in [0.2, 0.25) is 5.91 Å². The van der Waals surface area contributed by atoms with Crippen molar-refractivity contribution in [2.45, 2.75) is 38.7 Å². The van der Waals surface area contributed by atoms with E-state index in [2.05, 4.69) is 0 Å². The number of carbonyl (C=O) groups excluding carboxylic acids is 1. The highest BCUT2D eigenvalue weighted by Gasteiger charge is 2.48. The molecule has 1 aromatic carbocycles. The molecule has 3 fully saturated rings. The molecule has 2 saturated heterocycles. The Morgan fingerprint density at radius 3 is 2.46 bits per heavy atom. The standard InChI is InChI=1S/C21H27NO4/c1-13-4-6-15(7-5-13)19-16(3-2-10-26-19)20(23)22-11-17(14-8-9-14)18(12-22)21(24)25/h4-7,14,16-19H,2-3,8-12H2,1H3,(H,24,25)/t16?,17-,18+,19?/m1/s1. The van der Waals surface area contributed by atoms with Crippen LogP contribution in [0.5, 0.6) is 0 Å². The van der Waals surface area contributed by atoms with E-state index in [1.165, 1.54) is 5.56 Å².